The van der Waals surface area contributed by atoms with Gasteiger partial charge < -0.3 is 30.2 Å². The molecule has 2 aromatic carbocycles. The zero-order valence-corrected chi connectivity index (χ0v) is 17.9. The molecular weight excluding hydrogens is 400 g/mol. The van der Waals surface area contributed by atoms with E-state index in [0.717, 1.165) is 16.9 Å². The summed E-state index contributed by atoms with van der Waals surface area (Å²) in [7, 11) is 5.02. The van der Waals surface area contributed by atoms with Crippen molar-refractivity contribution in [3.63, 3.8) is 0 Å². The molecule has 3 rings (SSSR count). The number of anilines is 3. The van der Waals surface area contributed by atoms with Crippen molar-refractivity contribution >= 4 is 34.5 Å². The zero-order valence-electron chi connectivity index (χ0n) is 17.1. The van der Waals surface area contributed by atoms with Gasteiger partial charge in [0, 0.05) is 48.4 Å². The Balaban J connectivity index is 1.69. The average molecular weight is 425 g/mol. The summed E-state index contributed by atoms with van der Waals surface area (Å²) in [4.78, 5) is 4.25. The number of para-hydroxylation sites is 1. The molecule has 0 amide bonds. The first kappa shape index (κ1) is 21.2. The Labute approximate surface area is 181 Å². The summed E-state index contributed by atoms with van der Waals surface area (Å²) in [5.41, 5.74) is 2.56. The van der Waals surface area contributed by atoms with Crippen molar-refractivity contribution in [2.24, 2.45) is 0 Å². The minimum atomic E-state index is 0.360. The highest BCUT2D eigenvalue weighted by Crippen LogP contribution is 2.27. The standard InChI is InChI=1S/C22H24N4O3S/c1-23-21-20(9-6-10-24-21)29-14-15-7-4-5-8-19(15)26-22(30)25-16-11-17(27-2)13-18(12-16)28-3/h4-13H,14H2,1-3H3,(H,23,24)(H2,25,26,30). The molecule has 156 valence electrons. The minimum Gasteiger partial charge on any atom is -0.497 e. The summed E-state index contributed by atoms with van der Waals surface area (Å²) >= 11 is 5.49. The Morgan fingerprint density at radius 1 is 0.967 bits per heavy atom. The molecule has 0 aliphatic heterocycles. The van der Waals surface area contributed by atoms with Crippen LogP contribution in [0.3, 0.4) is 0 Å². The van der Waals surface area contributed by atoms with Crippen LogP contribution in [0.15, 0.2) is 60.8 Å². The third kappa shape index (κ3) is 5.51. The third-order valence-corrected chi connectivity index (χ3v) is 4.47. The fourth-order valence-electron chi connectivity index (χ4n) is 2.78. The van der Waals surface area contributed by atoms with E-state index in [4.69, 9.17) is 26.4 Å². The van der Waals surface area contributed by atoms with E-state index in [1.807, 2.05) is 55.6 Å². The molecule has 0 fully saturated rings. The topological polar surface area (TPSA) is 76.7 Å². The lowest BCUT2D eigenvalue weighted by molar-refractivity contribution is 0.307. The van der Waals surface area contributed by atoms with E-state index in [0.29, 0.717) is 34.8 Å². The Hall–Kier alpha value is -3.52. The van der Waals surface area contributed by atoms with Gasteiger partial charge in [0.25, 0.3) is 0 Å². The highest BCUT2D eigenvalue weighted by Gasteiger charge is 2.09. The average Bonchev–Trinajstić information content (AvgIpc) is 2.78. The predicted molar refractivity (Wildman–Crippen MR) is 124 cm³/mol. The van der Waals surface area contributed by atoms with Crippen molar-refractivity contribution in [2.75, 3.05) is 37.2 Å². The smallest absolute Gasteiger partial charge is 0.175 e. The molecule has 1 aromatic heterocycles. The van der Waals surface area contributed by atoms with Gasteiger partial charge in [0.15, 0.2) is 16.7 Å². The number of hydrogen-bond donors (Lipinski definition) is 3. The van der Waals surface area contributed by atoms with Gasteiger partial charge in [-0.15, -0.1) is 0 Å². The number of aromatic nitrogens is 1. The van der Waals surface area contributed by atoms with Crippen LogP contribution in [-0.4, -0.2) is 31.4 Å². The molecule has 0 atom stereocenters. The molecule has 0 aliphatic rings. The summed E-state index contributed by atoms with van der Waals surface area (Å²) < 4.78 is 16.6. The molecule has 0 unspecified atom stereocenters. The van der Waals surface area contributed by atoms with Crippen LogP contribution in [0.5, 0.6) is 17.2 Å². The molecule has 1 heterocycles. The van der Waals surface area contributed by atoms with E-state index < -0.39 is 0 Å². The molecule has 0 aliphatic carbocycles. The minimum absolute atomic E-state index is 0.360. The maximum absolute atomic E-state index is 5.95. The molecule has 30 heavy (non-hydrogen) atoms. The summed E-state index contributed by atoms with van der Waals surface area (Å²) in [6.07, 6.45) is 1.71. The first-order chi connectivity index (χ1) is 14.6. The number of rotatable bonds is 8. The van der Waals surface area contributed by atoms with Crippen LogP contribution < -0.4 is 30.2 Å². The van der Waals surface area contributed by atoms with Crippen LogP contribution in [0.1, 0.15) is 5.56 Å². The second-order valence-electron chi connectivity index (χ2n) is 6.23. The van der Waals surface area contributed by atoms with Gasteiger partial charge in [0.1, 0.15) is 18.1 Å². The highest BCUT2D eigenvalue weighted by atomic mass is 32.1. The van der Waals surface area contributed by atoms with Crippen LogP contribution in [0.4, 0.5) is 17.2 Å². The van der Waals surface area contributed by atoms with Gasteiger partial charge in [0.2, 0.25) is 0 Å². The van der Waals surface area contributed by atoms with Gasteiger partial charge in [0.05, 0.1) is 14.2 Å². The number of pyridine rings is 1. The summed E-state index contributed by atoms with van der Waals surface area (Å²) in [6.45, 7) is 0.360. The number of ether oxygens (including phenoxy) is 3. The molecule has 0 saturated heterocycles. The summed E-state index contributed by atoms with van der Waals surface area (Å²) in [5, 5.41) is 9.85. The number of hydrogen-bond acceptors (Lipinski definition) is 6. The highest BCUT2D eigenvalue weighted by molar-refractivity contribution is 7.80. The summed E-state index contributed by atoms with van der Waals surface area (Å²) in [6, 6.07) is 17.0. The molecule has 0 spiro atoms. The molecule has 0 bridgehead atoms. The summed E-state index contributed by atoms with van der Waals surface area (Å²) in [5.74, 6) is 2.71. The maximum atomic E-state index is 5.95. The first-order valence-electron chi connectivity index (χ1n) is 9.27. The normalized spacial score (nSPS) is 10.1. The quantitative estimate of drug-likeness (QED) is 0.456. The monoisotopic (exact) mass is 424 g/mol. The number of benzene rings is 2. The molecular formula is C22H24N4O3S. The van der Waals surface area contributed by atoms with Crippen LogP contribution >= 0.6 is 12.2 Å². The second-order valence-corrected chi connectivity index (χ2v) is 6.63. The van der Waals surface area contributed by atoms with Crippen molar-refractivity contribution < 1.29 is 14.2 Å². The van der Waals surface area contributed by atoms with E-state index in [9.17, 15) is 0 Å². The van der Waals surface area contributed by atoms with Gasteiger partial charge >= 0.3 is 0 Å². The van der Waals surface area contributed by atoms with Gasteiger partial charge in [-0.3, -0.25) is 0 Å². The van der Waals surface area contributed by atoms with E-state index >= 15 is 0 Å². The van der Waals surface area contributed by atoms with Gasteiger partial charge in [-0.1, -0.05) is 18.2 Å². The molecule has 0 radical (unpaired) electrons. The van der Waals surface area contributed by atoms with E-state index in [2.05, 4.69) is 20.9 Å². The van der Waals surface area contributed by atoms with E-state index in [-0.39, 0.29) is 0 Å². The van der Waals surface area contributed by atoms with Crippen LogP contribution in [-0.2, 0) is 6.61 Å². The number of nitrogens with zero attached hydrogens (tertiary/aromatic N) is 1. The predicted octanol–water partition coefficient (Wildman–Crippen LogP) is 4.53. The number of methoxy groups -OCH3 is 2. The SMILES string of the molecule is CNc1ncccc1OCc1ccccc1NC(=S)Nc1cc(OC)cc(OC)c1. The lowest BCUT2D eigenvalue weighted by Gasteiger charge is -2.16. The number of thiocarbonyl (C=S) groups is 1. The van der Waals surface area contributed by atoms with Crippen LogP contribution in [0.2, 0.25) is 0 Å². The van der Waals surface area contributed by atoms with Gasteiger partial charge in [-0.05, 0) is 30.4 Å². The molecule has 8 heteroatoms. The molecule has 0 saturated carbocycles. The van der Waals surface area contributed by atoms with Gasteiger partial charge in [-0.25, -0.2) is 4.98 Å². The van der Waals surface area contributed by atoms with Crippen molar-refractivity contribution in [2.45, 2.75) is 6.61 Å². The lowest BCUT2D eigenvalue weighted by Crippen LogP contribution is -2.20. The fraction of sp³-hybridized carbons (Fsp3) is 0.182. The van der Waals surface area contributed by atoms with Crippen molar-refractivity contribution in [1.29, 1.82) is 0 Å². The number of nitrogens with one attached hydrogen (secondary N) is 3. The Morgan fingerprint density at radius 3 is 2.40 bits per heavy atom. The molecule has 7 nitrogen and oxygen atoms in total. The van der Waals surface area contributed by atoms with E-state index in [1.54, 1.807) is 26.5 Å². The Bertz CT molecular complexity index is 991. The maximum Gasteiger partial charge on any atom is 0.175 e. The molecule has 3 aromatic rings. The Morgan fingerprint density at radius 2 is 1.70 bits per heavy atom. The van der Waals surface area contributed by atoms with E-state index in [1.165, 1.54) is 0 Å². The lowest BCUT2D eigenvalue weighted by atomic mass is 10.2. The van der Waals surface area contributed by atoms with Crippen molar-refractivity contribution in [3.8, 4) is 17.2 Å². The van der Waals surface area contributed by atoms with Crippen LogP contribution in [0.25, 0.3) is 0 Å². The zero-order chi connectivity index (χ0) is 21.3. The largest absolute Gasteiger partial charge is 0.497 e. The van der Waals surface area contributed by atoms with Crippen LogP contribution in [0, 0.1) is 0 Å². The third-order valence-electron chi connectivity index (χ3n) is 4.27. The Kier molecular flexibility index (Phi) is 7.29. The second kappa shape index (κ2) is 10.3. The van der Waals surface area contributed by atoms with Gasteiger partial charge in [-0.2, -0.15) is 0 Å². The fourth-order valence-corrected chi connectivity index (χ4v) is 3.01. The van der Waals surface area contributed by atoms with Crippen molar-refractivity contribution in [1.82, 2.24) is 4.98 Å². The first-order valence-corrected chi connectivity index (χ1v) is 9.68. The van der Waals surface area contributed by atoms with Crippen molar-refractivity contribution in [3.05, 3.63) is 66.4 Å². The molecule has 3 N–H and O–H groups in total.